The van der Waals surface area contributed by atoms with Crippen molar-refractivity contribution in [2.75, 3.05) is 46.0 Å². The monoisotopic (exact) mass is 206 g/mol. The molecule has 4 nitrogen and oxygen atoms in total. The Hall–Kier alpha value is -0.160. The van der Waals surface area contributed by atoms with Crippen LogP contribution in [-0.4, -0.2) is 65.8 Å². The Balaban J connectivity index is 4.21. The maximum absolute atomic E-state index is 8.98. The zero-order valence-electron chi connectivity index (χ0n) is 9.15. The van der Waals surface area contributed by atoms with Crippen LogP contribution < -0.4 is 0 Å². The molecule has 0 aliphatic heterocycles. The SMILES string of the molecule is CCCC[N+](CCO)(CCO)CCO. The molecule has 0 radical (unpaired) electrons. The third-order valence-electron chi connectivity index (χ3n) is 2.71. The lowest BCUT2D eigenvalue weighted by Crippen LogP contribution is -2.53. The van der Waals surface area contributed by atoms with Gasteiger partial charge in [-0.3, -0.25) is 0 Å². The molecule has 0 aliphatic rings. The van der Waals surface area contributed by atoms with Crippen molar-refractivity contribution in [1.29, 1.82) is 0 Å². The molecule has 86 valence electrons. The van der Waals surface area contributed by atoms with Crippen LogP contribution in [0, 0.1) is 0 Å². The Morgan fingerprint density at radius 2 is 1.21 bits per heavy atom. The molecular formula is C10H24NO3+. The lowest BCUT2D eigenvalue weighted by atomic mass is 10.2. The number of aliphatic hydroxyl groups excluding tert-OH is 3. The largest absolute Gasteiger partial charge is 0.391 e. The highest BCUT2D eigenvalue weighted by Gasteiger charge is 2.24. The molecule has 0 aromatic heterocycles. The molecule has 0 fully saturated rings. The van der Waals surface area contributed by atoms with Gasteiger partial charge in [0, 0.05) is 0 Å². The summed E-state index contributed by atoms with van der Waals surface area (Å²) in [6.45, 7) is 5.27. The van der Waals surface area contributed by atoms with E-state index in [9.17, 15) is 0 Å². The van der Waals surface area contributed by atoms with Crippen molar-refractivity contribution in [3.8, 4) is 0 Å². The summed E-state index contributed by atoms with van der Waals surface area (Å²) in [5.41, 5.74) is 0. The van der Waals surface area contributed by atoms with Gasteiger partial charge < -0.3 is 19.8 Å². The van der Waals surface area contributed by atoms with Crippen molar-refractivity contribution in [3.63, 3.8) is 0 Å². The first-order chi connectivity index (χ1) is 6.74. The van der Waals surface area contributed by atoms with Gasteiger partial charge in [0.15, 0.2) is 0 Å². The van der Waals surface area contributed by atoms with Gasteiger partial charge in [0.05, 0.1) is 26.4 Å². The zero-order chi connectivity index (χ0) is 10.9. The van der Waals surface area contributed by atoms with E-state index in [1.807, 2.05) is 0 Å². The molecule has 0 unspecified atom stereocenters. The summed E-state index contributed by atoms with van der Waals surface area (Å²) >= 11 is 0. The molecule has 0 atom stereocenters. The standard InChI is InChI=1S/C10H24NO3/c1-2-3-4-11(5-8-12,6-9-13)7-10-14/h12-14H,2-10H2,1H3/q+1. The molecule has 0 aromatic carbocycles. The Morgan fingerprint density at radius 3 is 1.50 bits per heavy atom. The van der Waals surface area contributed by atoms with Gasteiger partial charge in [-0.05, 0) is 6.42 Å². The number of quaternary nitrogens is 1. The highest BCUT2D eigenvalue weighted by atomic mass is 16.3. The van der Waals surface area contributed by atoms with Gasteiger partial charge in [0.2, 0.25) is 0 Å². The smallest absolute Gasteiger partial charge is 0.102 e. The van der Waals surface area contributed by atoms with Crippen molar-refractivity contribution in [2.24, 2.45) is 0 Å². The Bertz CT molecular complexity index is 114. The van der Waals surface area contributed by atoms with Crippen LogP contribution in [0.15, 0.2) is 0 Å². The first kappa shape index (κ1) is 13.8. The topological polar surface area (TPSA) is 60.7 Å². The second-order valence-electron chi connectivity index (χ2n) is 3.76. The number of hydrogen-bond donors (Lipinski definition) is 3. The summed E-state index contributed by atoms with van der Waals surface area (Å²) < 4.78 is 0.636. The first-order valence-electron chi connectivity index (χ1n) is 5.42. The molecule has 0 bridgehead atoms. The van der Waals surface area contributed by atoms with E-state index >= 15 is 0 Å². The zero-order valence-corrected chi connectivity index (χ0v) is 9.15. The third kappa shape index (κ3) is 4.91. The Morgan fingerprint density at radius 1 is 0.786 bits per heavy atom. The predicted octanol–water partition coefficient (Wildman–Crippen LogP) is -0.420. The fourth-order valence-corrected chi connectivity index (χ4v) is 1.80. The summed E-state index contributed by atoms with van der Waals surface area (Å²) in [4.78, 5) is 0. The molecule has 0 aromatic rings. The molecule has 4 heteroatoms. The lowest BCUT2D eigenvalue weighted by Gasteiger charge is -2.37. The van der Waals surface area contributed by atoms with Gasteiger partial charge in [-0.15, -0.1) is 0 Å². The minimum Gasteiger partial charge on any atom is -0.391 e. The van der Waals surface area contributed by atoms with E-state index in [1.54, 1.807) is 0 Å². The van der Waals surface area contributed by atoms with Crippen LogP contribution in [-0.2, 0) is 0 Å². The number of hydrogen-bond acceptors (Lipinski definition) is 3. The molecule has 0 amide bonds. The van der Waals surface area contributed by atoms with Crippen LogP contribution in [0.1, 0.15) is 19.8 Å². The second-order valence-corrected chi connectivity index (χ2v) is 3.76. The number of rotatable bonds is 9. The summed E-state index contributed by atoms with van der Waals surface area (Å²) in [6, 6.07) is 0. The van der Waals surface area contributed by atoms with Gasteiger partial charge >= 0.3 is 0 Å². The lowest BCUT2D eigenvalue weighted by molar-refractivity contribution is -0.929. The normalized spacial score (nSPS) is 12.0. The molecule has 0 saturated heterocycles. The maximum atomic E-state index is 8.98. The molecule has 0 spiro atoms. The quantitative estimate of drug-likeness (QED) is 0.449. The summed E-state index contributed by atoms with van der Waals surface area (Å²) in [6.07, 6.45) is 2.17. The van der Waals surface area contributed by atoms with Gasteiger partial charge in [-0.25, -0.2) is 0 Å². The van der Waals surface area contributed by atoms with E-state index in [0.717, 1.165) is 19.4 Å². The van der Waals surface area contributed by atoms with Gasteiger partial charge in [-0.2, -0.15) is 0 Å². The highest BCUT2D eigenvalue weighted by Crippen LogP contribution is 2.08. The van der Waals surface area contributed by atoms with Crippen LogP contribution in [0.5, 0.6) is 0 Å². The maximum Gasteiger partial charge on any atom is 0.102 e. The molecule has 0 saturated carbocycles. The Kier molecular flexibility index (Phi) is 8.08. The van der Waals surface area contributed by atoms with E-state index in [4.69, 9.17) is 15.3 Å². The van der Waals surface area contributed by atoms with E-state index < -0.39 is 0 Å². The van der Waals surface area contributed by atoms with Gasteiger partial charge in [0.25, 0.3) is 0 Å². The molecule has 3 N–H and O–H groups in total. The van der Waals surface area contributed by atoms with Crippen LogP contribution >= 0.6 is 0 Å². The molecule has 0 heterocycles. The summed E-state index contributed by atoms with van der Waals surface area (Å²) in [5, 5.41) is 26.9. The average molecular weight is 206 g/mol. The van der Waals surface area contributed by atoms with E-state index in [2.05, 4.69) is 6.92 Å². The van der Waals surface area contributed by atoms with E-state index in [-0.39, 0.29) is 19.8 Å². The average Bonchev–Trinajstić information content (AvgIpc) is 2.16. The van der Waals surface area contributed by atoms with Crippen LogP contribution in [0.4, 0.5) is 0 Å². The summed E-state index contributed by atoms with van der Waals surface area (Å²) in [7, 11) is 0. The molecular weight excluding hydrogens is 182 g/mol. The minimum absolute atomic E-state index is 0.115. The van der Waals surface area contributed by atoms with Crippen molar-refractivity contribution in [2.45, 2.75) is 19.8 Å². The number of aliphatic hydroxyl groups is 3. The van der Waals surface area contributed by atoms with E-state index in [0.29, 0.717) is 24.1 Å². The fourth-order valence-electron chi connectivity index (χ4n) is 1.80. The molecule has 0 rings (SSSR count). The Labute approximate surface area is 86.4 Å². The predicted molar refractivity (Wildman–Crippen MR) is 55.9 cm³/mol. The van der Waals surface area contributed by atoms with Crippen molar-refractivity contribution >= 4 is 0 Å². The van der Waals surface area contributed by atoms with Gasteiger partial charge in [0.1, 0.15) is 19.6 Å². The number of nitrogens with zero attached hydrogens (tertiary/aromatic N) is 1. The van der Waals surface area contributed by atoms with Crippen LogP contribution in [0.25, 0.3) is 0 Å². The number of unbranched alkanes of at least 4 members (excludes halogenated alkanes) is 1. The van der Waals surface area contributed by atoms with E-state index in [1.165, 1.54) is 0 Å². The molecule has 0 aliphatic carbocycles. The van der Waals surface area contributed by atoms with Crippen molar-refractivity contribution in [3.05, 3.63) is 0 Å². The van der Waals surface area contributed by atoms with Crippen LogP contribution in [0.3, 0.4) is 0 Å². The van der Waals surface area contributed by atoms with Crippen molar-refractivity contribution in [1.82, 2.24) is 0 Å². The molecule has 14 heavy (non-hydrogen) atoms. The minimum atomic E-state index is 0.115. The van der Waals surface area contributed by atoms with Crippen molar-refractivity contribution < 1.29 is 19.8 Å². The highest BCUT2D eigenvalue weighted by molar-refractivity contribution is 4.45. The summed E-state index contributed by atoms with van der Waals surface area (Å²) in [5.74, 6) is 0. The van der Waals surface area contributed by atoms with Gasteiger partial charge in [-0.1, -0.05) is 13.3 Å². The second kappa shape index (κ2) is 8.17. The van der Waals surface area contributed by atoms with Crippen LogP contribution in [0.2, 0.25) is 0 Å². The fraction of sp³-hybridized carbons (Fsp3) is 1.00. The first-order valence-corrected chi connectivity index (χ1v) is 5.42. The third-order valence-corrected chi connectivity index (χ3v) is 2.71.